The van der Waals surface area contributed by atoms with E-state index in [0.717, 1.165) is 18.7 Å². The molecule has 1 N–H and O–H groups in total. The highest BCUT2D eigenvalue weighted by atomic mass is 35.5. The van der Waals surface area contributed by atoms with Crippen LogP contribution in [0.25, 0.3) is 0 Å². The predicted octanol–water partition coefficient (Wildman–Crippen LogP) is 3.41. The Morgan fingerprint density at radius 1 is 1.26 bits per heavy atom. The maximum atomic E-state index is 12.1. The van der Waals surface area contributed by atoms with Crippen molar-refractivity contribution >= 4 is 23.7 Å². The lowest BCUT2D eigenvalue weighted by atomic mass is 10.1. The van der Waals surface area contributed by atoms with Gasteiger partial charge in [0.2, 0.25) is 0 Å². The number of morpholine rings is 1. The molecule has 1 aliphatic rings. The number of nitrogens with one attached hydrogen (secondary N) is 1. The van der Waals surface area contributed by atoms with E-state index in [1.165, 1.54) is 11.8 Å². The van der Waals surface area contributed by atoms with Crippen molar-refractivity contribution in [3.05, 3.63) is 58.1 Å². The maximum absolute atomic E-state index is 12.1. The van der Waals surface area contributed by atoms with Crippen molar-refractivity contribution in [1.29, 1.82) is 0 Å². The molecule has 1 amide bonds. The molecule has 166 valence electrons. The van der Waals surface area contributed by atoms with E-state index >= 15 is 0 Å². The van der Waals surface area contributed by atoms with Gasteiger partial charge in [-0.15, -0.1) is 0 Å². The van der Waals surface area contributed by atoms with Gasteiger partial charge in [0.1, 0.15) is 6.61 Å². The van der Waals surface area contributed by atoms with Crippen molar-refractivity contribution < 1.29 is 19.0 Å². The Balaban J connectivity index is 1.63. The summed E-state index contributed by atoms with van der Waals surface area (Å²) in [6, 6.07) is 11.6. The number of ether oxygens (including phenoxy) is 3. The van der Waals surface area contributed by atoms with E-state index in [4.69, 9.17) is 25.8 Å². The normalized spacial score (nSPS) is 14.5. The molecule has 0 radical (unpaired) electrons. The second-order valence-corrected chi connectivity index (χ2v) is 7.63. The number of benzene rings is 2. The Morgan fingerprint density at radius 2 is 2.06 bits per heavy atom. The number of halogens is 1. The van der Waals surface area contributed by atoms with Gasteiger partial charge >= 0.3 is 0 Å². The van der Waals surface area contributed by atoms with Crippen molar-refractivity contribution in [2.24, 2.45) is 5.10 Å². The van der Waals surface area contributed by atoms with Crippen LogP contribution in [0.15, 0.2) is 41.5 Å². The summed E-state index contributed by atoms with van der Waals surface area (Å²) in [5, 5.41) is 4.46. The molecule has 1 aliphatic heterocycles. The summed E-state index contributed by atoms with van der Waals surface area (Å²) in [5.74, 6) is 0.842. The quantitative estimate of drug-likeness (QED) is 0.473. The van der Waals surface area contributed by atoms with E-state index in [1.807, 2.05) is 36.9 Å². The molecule has 7 nitrogen and oxygen atoms in total. The molecule has 0 aliphatic carbocycles. The fraction of sp³-hybridized carbons (Fsp3) is 0.391. The standard InChI is InChI=1S/C23H28ClN3O4/c1-3-30-21-13-19(14-25-26-22(28)15-27-7-9-29-10-8-27)12-20(24)23(21)31-16-18-6-4-5-17(2)11-18/h4-6,11-14H,3,7-10,15-16H2,1-2H3,(H,26,28)/b25-14+. The molecule has 2 aromatic carbocycles. The van der Waals surface area contributed by atoms with Gasteiger partial charge in [0.25, 0.3) is 5.91 Å². The first-order chi connectivity index (χ1) is 15.0. The van der Waals surface area contributed by atoms with Gasteiger partial charge in [-0.25, -0.2) is 5.43 Å². The summed E-state index contributed by atoms with van der Waals surface area (Å²) in [6.45, 7) is 7.85. The molecule has 0 spiro atoms. The molecule has 1 saturated heterocycles. The fourth-order valence-electron chi connectivity index (χ4n) is 3.20. The van der Waals surface area contributed by atoms with Gasteiger partial charge in [-0.1, -0.05) is 41.4 Å². The summed E-state index contributed by atoms with van der Waals surface area (Å²) in [4.78, 5) is 14.1. The van der Waals surface area contributed by atoms with E-state index in [0.29, 0.717) is 48.5 Å². The van der Waals surface area contributed by atoms with Gasteiger partial charge in [-0.05, 0) is 37.1 Å². The van der Waals surface area contributed by atoms with Gasteiger partial charge in [-0.2, -0.15) is 5.10 Å². The van der Waals surface area contributed by atoms with Crippen molar-refractivity contribution in [2.75, 3.05) is 39.5 Å². The lowest BCUT2D eigenvalue weighted by molar-refractivity contribution is -0.123. The molecule has 31 heavy (non-hydrogen) atoms. The number of hydrogen-bond acceptors (Lipinski definition) is 6. The zero-order valence-corrected chi connectivity index (χ0v) is 18.7. The van der Waals surface area contributed by atoms with Gasteiger partial charge in [-0.3, -0.25) is 9.69 Å². The molecule has 2 aromatic rings. The van der Waals surface area contributed by atoms with Crippen LogP contribution in [0.5, 0.6) is 11.5 Å². The van der Waals surface area contributed by atoms with Crippen LogP contribution in [0.3, 0.4) is 0 Å². The second-order valence-electron chi connectivity index (χ2n) is 7.22. The first-order valence-corrected chi connectivity index (χ1v) is 10.7. The topological polar surface area (TPSA) is 72.4 Å². The third kappa shape index (κ3) is 7.24. The summed E-state index contributed by atoms with van der Waals surface area (Å²) >= 11 is 6.47. The summed E-state index contributed by atoms with van der Waals surface area (Å²) in [6.07, 6.45) is 1.54. The highest BCUT2D eigenvalue weighted by Gasteiger charge is 2.14. The molecule has 0 aromatic heterocycles. The van der Waals surface area contributed by atoms with Crippen LogP contribution < -0.4 is 14.9 Å². The average molecular weight is 446 g/mol. The molecule has 1 fully saturated rings. The minimum absolute atomic E-state index is 0.174. The largest absolute Gasteiger partial charge is 0.490 e. The molecule has 8 heteroatoms. The van der Waals surface area contributed by atoms with Crippen LogP contribution in [0, 0.1) is 6.92 Å². The summed E-state index contributed by atoms with van der Waals surface area (Å²) in [7, 11) is 0. The fourth-order valence-corrected chi connectivity index (χ4v) is 3.47. The zero-order valence-electron chi connectivity index (χ0n) is 17.9. The number of carbonyl (C=O) groups excluding carboxylic acids is 1. The highest BCUT2D eigenvalue weighted by Crippen LogP contribution is 2.37. The Hall–Kier alpha value is -2.61. The van der Waals surface area contributed by atoms with E-state index in [9.17, 15) is 4.79 Å². The van der Waals surface area contributed by atoms with Crippen molar-refractivity contribution in [3.63, 3.8) is 0 Å². The van der Waals surface area contributed by atoms with E-state index in [-0.39, 0.29) is 12.5 Å². The number of nitrogens with zero attached hydrogens (tertiary/aromatic N) is 2. The Morgan fingerprint density at radius 3 is 2.81 bits per heavy atom. The molecular formula is C23H28ClN3O4. The van der Waals surface area contributed by atoms with Crippen LogP contribution in [-0.4, -0.2) is 56.5 Å². The SMILES string of the molecule is CCOc1cc(/C=N/NC(=O)CN2CCOCC2)cc(Cl)c1OCc1cccc(C)c1. The number of rotatable bonds is 9. The van der Waals surface area contributed by atoms with Gasteiger partial charge in [0.05, 0.1) is 37.6 Å². The van der Waals surface area contributed by atoms with Crippen LogP contribution in [-0.2, 0) is 16.1 Å². The number of hydrogen-bond donors (Lipinski definition) is 1. The molecule has 0 atom stereocenters. The smallest absolute Gasteiger partial charge is 0.254 e. The van der Waals surface area contributed by atoms with E-state index in [2.05, 4.69) is 16.6 Å². The van der Waals surface area contributed by atoms with Crippen LogP contribution in [0.4, 0.5) is 0 Å². The van der Waals surface area contributed by atoms with Crippen LogP contribution in [0.1, 0.15) is 23.6 Å². The third-order valence-corrected chi connectivity index (χ3v) is 4.95. The van der Waals surface area contributed by atoms with E-state index in [1.54, 1.807) is 12.1 Å². The van der Waals surface area contributed by atoms with Crippen LogP contribution >= 0.6 is 11.6 Å². The number of amides is 1. The predicted molar refractivity (Wildman–Crippen MR) is 121 cm³/mol. The number of carbonyl (C=O) groups is 1. The lowest BCUT2D eigenvalue weighted by Crippen LogP contribution is -2.42. The van der Waals surface area contributed by atoms with Gasteiger partial charge in [0, 0.05) is 13.1 Å². The maximum Gasteiger partial charge on any atom is 0.254 e. The first-order valence-electron chi connectivity index (χ1n) is 10.3. The monoisotopic (exact) mass is 445 g/mol. The van der Waals surface area contributed by atoms with Crippen molar-refractivity contribution in [2.45, 2.75) is 20.5 Å². The minimum atomic E-state index is -0.174. The van der Waals surface area contributed by atoms with Crippen LogP contribution in [0.2, 0.25) is 5.02 Å². The second kappa shape index (κ2) is 11.7. The highest BCUT2D eigenvalue weighted by molar-refractivity contribution is 6.32. The number of hydrazone groups is 1. The summed E-state index contributed by atoms with van der Waals surface area (Å²) in [5.41, 5.74) is 5.46. The Kier molecular flexibility index (Phi) is 8.70. The van der Waals surface area contributed by atoms with Crippen molar-refractivity contribution in [3.8, 4) is 11.5 Å². The Bertz CT molecular complexity index is 914. The average Bonchev–Trinajstić information content (AvgIpc) is 2.74. The minimum Gasteiger partial charge on any atom is -0.490 e. The third-order valence-electron chi connectivity index (χ3n) is 4.67. The molecule has 3 rings (SSSR count). The molecule has 0 saturated carbocycles. The lowest BCUT2D eigenvalue weighted by Gasteiger charge is -2.25. The number of aryl methyl sites for hydroxylation is 1. The van der Waals surface area contributed by atoms with Gasteiger partial charge in [0.15, 0.2) is 11.5 Å². The molecule has 1 heterocycles. The molecule has 0 bridgehead atoms. The zero-order chi connectivity index (χ0) is 22.1. The first kappa shape index (κ1) is 23.1. The molecular weight excluding hydrogens is 418 g/mol. The van der Waals surface area contributed by atoms with E-state index < -0.39 is 0 Å². The van der Waals surface area contributed by atoms with Crippen molar-refractivity contribution in [1.82, 2.24) is 10.3 Å². The van der Waals surface area contributed by atoms with Gasteiger partial charge < -0.3 is 14.2 Å². The summed E-state index contributed by atoms with van der Waals surface area (Å²) < 4.78 is 17.0. The Labute approximate surface area is 187 Å². The molecule has 0 unspecified atom stereocenters.